The molecule has 0 aliphatic carbocycles. The molecule has 0 spiro atoms. The fourth-order valence-electron chi connectivity index (χ4n) is 3.11. The Hall–Kier alpha value is -2.79. The first-order chi connectivity index (χ1) is 12.1. The molecule has 0 N–H and O–H groups in total. The molecule has 0 radical (unpaired) electrons. The third-order valence-electron chi connectivity index (χ3n) is 4.30. The second kappa shape index (κ2) is 5.93. The van der Waals surface area contributed by atoms with Crippen LogP contribution in [-0.4, -0.2) is 15.5 Å². The van der Waals surface area contributed by atoms with Crippen molar-refractivity contribution in [2.45, 2.75) is 10.1 Å². The van der Waals surface area contributed by atoms with Gasteiger partial charge in [-0.2, -0.15) is 0 Å². The summed E-state index contributed by atoms with van der Waals surface area (Å²) in [5.74, 6) is 1.68. The lowest BCUT2D eigenvalue weighted by molar-refractivity contribution is 0.409. The lowest BCUT2D eigenvalue weighted by Gasteiger charge is -2.28. The van der Waals surface area contributed by atoms with Gasteiger partial charge in [-0.05, 0) is 36.4 Å². The molecular formula is C20H16O4S. The molecule has 4 nitrogen and oxygen atoms in total. The summed E-state index contributed by atoms with van der Waals surface area (Å²) in [6, 6.07) is 21.0. The highest BCUT2D eigenvalue weighted by molar-refractivity contribution is 7.92. The zero-order valence-electron chi connectivity index (χ0n) is 13.5. The minimum Gasteiger partial charge on any atom is -0.497 e. The first-order valence-electron chi connectivity index (χ1n) is 7.85. The molecule has 126 valence electrons. The molecule has 0 aromatic heterocycles. The maximum Gasteiger partial charge on any atom is 0.189 e. The number of fused-ring (bicyclic) bond motifs is 2. The van der Waals surface area contributed by atoms with Crippen LogP contribution in [0.2, 0.25) is 0 Å². The Labute approximate surface area is 146 Å². The van der Waals surface area contributed by atoms with Gasteiger partial charge >= 0.3 is 0 Å². The van der Waals surface area contributed by atoms with Gasteiger partial charge in [0.05, 0.1) is 12.0 Å². The average molecular weight is 352 g/mol. The Balaban J connectivity index is 1.98. The molecule has 3 aromatic rings. The number of benzene rings is 3. The molecule has 0 bridgehead atoms. The zero-order chi connectivity index (χ0) is 17.4. The van der Waals surface area contributed by atoms with Crippen LogP contribution in [0.5, 0.6) is 17.2 Å². The lowest BCUT2D eigenvalue weighted by atomic mass is 9.99. The van der Waals surface area contributed by atoms with E-state index in [2.05, 4.69) is 0 Å². The van der Waals surface area contributed by atoms with Gasteiger partial charge in [-0.25, -0.2) is 8.42 Å². The van der Waals surface area contributed by atoms with Crippen molar-refractivity contribution in [3.63, 3.8) is 0 Å². The molecule has 5 heteroatoms. The Kier molecular flexibility index (Phi) is 3.73. The van der Waals surface area contributed by atoms with E-state index in [-0.39, 0.29) is 4.90 Å². The molecule has 0 saturated heterocycles. The minimum absolute atomic E-state index is 0.283. The van der Waals surface area contributed by atoms with Crippen LogP contribution in [0.3, 0.4) is 0 Å². The quantitative estimate of drug-likeness (QED) is 0.703. The van der Waals surface area contributed by atoms with E-state index in [0.717, 1.165) is 0 Å². The number of rotatable bonds is 3. The smallest absolute Gasteiger partial charge is 0.189 e. The van der Waals surface area contributed by atoms with Crippen LogP contribution >= 0.6 is 0 Å². The van der Waals surface area contributed by atoms with Crippen molar-refractivity contribution in [1.29, 1.82) is 0 Å². The third kappa shape index (κ3) is 2.57. The van der Waals surface area contributed by atoms with E-state index in [0.29, 0.717) is 28.4 Å². The minimum atomic E-state index is -3.65. The molecule has 1 aliphatic heterocycles. The molecule has 1 atom stereocenters. The van der Waals surface area contributed by atoms with Crippen molar-refractivity contribution in [2.75, 3.05) is 7.11 Å². The van der Waals surface area contributed by atoms with E-state index < -0.39 is 15.1 Å². The number of sulfone groups is 1. The standard InChI is InChI=1S/C20H16O4S/c1-23-14-11-12-19-17(13-14)20(16-9-5-6-10-18(16)24-19)25(21,22)15-7-3-2-4-8-15/h2-13,20H,1H3/t20-/m0/s1. The fraction of sp³-hybridized carbons (Fsp3) is 0.100. The summed E-state index contributed by atoms with van der Waals surface area (Å²) in [6.45, 7) is 0. The van der Waals surface area contributed by atoms with Crippen LogP contribution in [0.25, 0.3) is 0 Å². The van der Waals surface area contributed by atoms with Gasteiger partial charge in [0.25, 0.3) is 0 Å². The molecule has 4 rings (SSSR count). The van der Waals surface area contributed by atoms with Crippen molar-refractivity contribution in [3.05, 3.63) is 83.9 Å². The van der Waals surface area contributed by atoms with Crippen LogP contribution in [0.15, 0.2) is 77.7 Å². The summed E-state index contributed by atoms with van der Waals surface area (Å²) < 4.78 is 38.0. The van der Waals surface area contributed by atoms with Crippen molar-refractivity contribution in [1.82, 2.24) is 0 Å². The summed E-state index contributed by atoms with van der Waals surface area (Å²) in [5.41, 5.74) is 1.22. The fourth-order valence-corrected chi connectivity index (χ4v) is 4.96. The van der Waals surface area contributed by atoms with E-state index >= 15 is 0 Å². The molecular weight excluding hydrogens is 336 g/mol. The molecule has 0 saturated carbocycles. The van der Waals surface area contributed by atoms with Gasteiger partial charge < -0.3 is 9.47 Å². The van der Waals surface area contributed by atoms with Gasteiger partial charge in [0.1, 0.15) is 22.5 Å². The molecule has 3 aromatic carbocycles. The average Bonchev–Trinajstić information content (AvgIpc) is 2.66. The number of methoxy groups -OCH3 is 1. The highest BCUT2D eigenvalue weighted by atomic mass is 32.2. The van der Waals surface area contributed by atoms with Gasteiger partial charge in [-0.3, -0.25) is 0 Å². The number of para-hydroxylation sites is 1. The monoisotopic (exact) mass is 352 g/mol. The summed E-state index contributed by atoms with van der Waals surface area (Å²) >= 11 is 0. The Morgan fingerprint density at radius 1 is 0.840 bits per heavy atom. The molecule has 0 amide bonds. The second-order valence-corrected chi connectivity index (χ2v) is 7.81. The molecule has 1 aliphatic rings. The highest BCUT2D eigenvalue weighted by Gasteiger charge is 2.38. The normalized spacial score (nSPS) is 15.6. The molecule has 0 unspecified atom stereocenters. The maximum absolute atomic E-state index is 13.4. The first kappa shape index (κ1) is 15.7. The van der Waals surface area contributed by atoms with Crippen molar-refractivity contribution in [3.8, 4) is 17.2 Å². The van der Waals surface area contributed by atoms with E-state index in [1.54, 1.807) is 67.8 Å². The van der Waals surface area contributed by atoms with Gasteiger partial charge in [0.15, 0.2) is 9.84 Å². The molecule has 1 heterocycles. The van der Waals surface area contributed by atoms with Crippen LogP contribution < -0.4 is 9.47 Å². The second-order valence-electron chi connectivity index (χ2n) is 5.78. The van der Waals surface area contributed by atoms with E-state index in [9.17, 15) is 8.42 Å². The van der Waals surface area contributed by atoms with Crippen molar-refractivity contribution < 1.29 is 17.9 Å². The number of hydrogen-bond acceptors (Lipinski definition) is 4. The lowest BCUT2D eigenvalue weighted by Crippen LogP contribution is -2.19. The number of hydrogen-bond donors (Lipinski definition) is 0. The Morgan fingerprint density at radius 2 is 1.52 bits per heavy atom. The Morgan fingerprint density at radius 3 is 2.28 bits per heavy atom. The van der Waals surface area contributed by atoms with Crippen LogP contribution in [-0.2, 0) is 9.84 Å². The van der Waals surface area contributed by atoms with Crippen LogP contribution in [0.1, 0.15) is 16.4 Å². The predicted octanol–water partition coefficient (Wildman–Crippen LogP) is 4.36. The zero-order valence-corrected chi connectivity index (χ0v) is 14.4. The van der Waals surface area contributed by atoms with E-state index in [1.807, 2.05) is 12.1 Å². The largest absolute Gasteiger partial charge is 0.497 e. The van der Waals surface area contributed by atoms with Gasteiger partial charge in [0, 0.05) is 11.1 Å². The topological polar surface area (TPSA) is 52.6 Å². The third-order valence-corrected chi connectivity index (χ3v) is 6.36. The van der Waals surface area contributed by atoms with Gasteiger partial charge in [-0.15, -0.1) is 0 Å². The van der Waals surface area contributed by atoms with Crippen molar-refractivity contribution in [2.24, 2.45) is 0 Å². The number of ether oxygens (including phenoxy) is 2. The van der Waals surface area contributed by atoms with E-state index in [1.165, 1.54) is 0 Å². The van der Waals surface area contributed by atoms with Gasteiger partial charge in [-0.1, -0.05) is 36.4 Å². The SMILES string of the molecule is COc1ccc2c(c1)[C@@H](S(=O)(=O)c1ccccc1)c1ccccc1O2. The molecule has 25 heavy (non-hydrogen) atoms. The maximum atomic E-state index is 13.4. The summed E-state index contributed by atoms with van der Waals surface area (Å²) in [6.07, 6.45) is 0. The van der Waals surface area contributed by atoms with Crippen molar-refractivity contribution >= 4 is 9.84 Å². The first-order valence-corrected chi connectivity index (χ1v) is 9.39. The summed E-state index contributed by atoms with van der Waals surface area (Å²) in [7, 11) is -2.09. The summed E-state index contributed by atoms with van der Waals surface area (Å²) in [5, 5.41) is -0.843. The predicted molar refractivity (Wildman–Crippen MR) is 95.0 cm³/mol. The highest BCUT2D eigenvalue weighted by Crippen LogP contribution is 2.49. The van der Waals surface area contributed by atoms with Crippen LogP contribution in [0, 0.1) is 0 Å². The van der Waals surface area contributed by atoms with Gasteiger partial charge in [0.2, 0.25) is 0 Å². The summed E-state index contributed by atoms with van der Waals surface area (Å²) in [4.78, 5) is 0.283. The Bertz CT molecular complexity index is 1030. The molecule has 0 fully saturated rings. The van der Waals surface area contributed by atoms with E-state index in [4.69, 9.17) is 9.47 Å². The van der Waals surface area contributed by atoms with Crippen LogP contribution in [0.4, 0.5) is 0 Å².